The van der Waals surface area contributed by atoms with Crippen molar-refractivity contribution in [3.63, 3.8) is 0 Å². The number of carbonyl (C=O) groups is 1. The molecule has 0 bridgehead atoms. The number of aromatic nitrogens is 3. The molecule has 27 heavy (non-hydrogen) atoms. The number of carbonyl (C=O) groups excluding carboxylic acids is 1. The minimum atomic E-state index is 0.184. The average molecular weight is 376 g/mol. The minimum Gasteiger partial charge on any atom is -0.381 e. The van der Waals surface area contributed by atoms with Crippen LogP contribution >= 0.6 is 0 Å². The van der Waals surface area contributed by atoms with Gasteiger partial charge in [0.1, 0.15) is 11.6 Å². The van der Waals surface area contributed by atoms with E-state index < -0.39 is 0 Å². The van der Waals surface area contributed by atoms with Gasteiger partial charge in [-0.25, -0.2) is 0 Å². The SMILES string of the molecule is O=C(CN1CCCCCC1)NC1CCc2nnc(C3CCOCC3)n2CC1. The van der Waals surface area contributed by atoms with Gasteiger partial charge in [-0.3, -0.25) is 9.69 Å². The van der Waals surface area contributed by atoms with Crippen molar-refractivity contribution in [3.05, 3.63) is 11.6 Å². The molecule has 1 atom stereocenters. The zero-order valence-corrected chi connectivity index (χ0v) is 16.4. The highest BCUT2D eigenvalue weighted by molar-refractivity contribution is 5.78. The fourth-order valence-electron chi connectivity index (χ4n) is 4.68. The molecular weight excluding hydrogens is 342 g/mol. The van der Waals surface area contributed by atoms with Gasteiger partial charge in [-0.05, 0) is 51.6 Å². The lowest BCUT2D eigenvalue weighted by molar-refractivity contribution is -0.123. The topological polar surface area (TPSA) is 72.3 Å². The highest BCUT2D eigenvalue weighted by atomic mass is 16.5. The quantitative estimate of drug-likeness (QED) is 0.870. The molecule has 3 aliphatic heterocycles. The molecule has 0 aliphatic carbocycles. The van der Waals surface area contributed by atoms with Crippen molar-refractivity contribution in [2.75, 3.05) is 32.8 Å². The smallest absolute Gasteiger partial charge is 0.234 e. The molecule has 0 saturated carbocycles. The molecule has 0 spiro atoms. The lowest BCUT2D eigenvalue weighted by Gasteiger charge is -2.23. The van der Waals surface area contributed by atoms with Gasteiger partial charge in [0, 0.05) is 38.1 Å². The maximum atomic E-state index is 12.5. The van der Waals surface area contributed by atoms with E-state index in [9.17, 15) is 4.79 Å². The zero-order chi connectivity index (χ0) is 18.5. The van der Waals surface area contributed by atoms with E-state index in [4.69, 9.17) is 4.74 Å². The van der Waals surface area contributed by atoms with Crippen molar-refractivity contribution in [1.29, 1.82) is 0 Å². The predicted molar refractivity (Wildman–Crippen MR) is 103 cm³/mol. The minimum absolute atomic E-state index is 0.184. The first-order chi connectivity index (χ1) is 13.3. The Balaban J connectivity index is 1.30. The number of rotatable bonds is 4. The van der Waals surface area contributed by atoms with Crippen LogP contribution in [0.15, 0.2) is 0 Å². The zero-order valence-electron chi connectivity index (χ0n) is 16.4. The van der Waals surface area contributed by atoms with E-state index in [1.54, 1.807) is 0 Å². The molecule has 1 aromatic heterocycles. The summed E-state index contributed by atoms with van der Waals surface area (Å²) in [6, 6.07) is 0.244. The second-order valence-electron chi connectivity index (χ2n) is 8.29. The molecule has 4 heterocycles. The second-order valence-corrected chi connectivity index (χ2v) is 8.29. The molecule has 2 saturated heterocycles. The van der Waals surface area contributed by atoms with Gasteiger partial charge < -0.3 is 14.6 Å². The number of ether oxygens (including phenoxy) is 1. The Morgan fingerprint density at radius 1 is 1.00 bits per heavy atom. The molecule has 1 N–H and O–H groups in total. The Morgan fingerprint density at radius 2 is 1.78 bits per heavy atom. The van der Waals surface area contributed by atoms with Gasteiger partial charge in [0.2, 0.25) is 5.91 Å². The number of amides is 1. The summed E-state index contributed by atoms with van der Waals surface area (Å²) >= 11 is 0. The van der Waals surface area contributed by atoms with Crippen LogP contribution in [0, 0.1) is 0 Å². The molecule has 3 aliphatic rings. The van der Waals surface area contributed by atoms with Crippen molar-refractivity contribution >= 4 is 5.91 Å². The second kappa shape index (κ2) is 9.15. The summed E-state index contributed by atoms with van der Waals surface area (Å²) in [7, 11) is 0. The number of hydrogen-bond donors (Lipinski definition) is 1. The van der Waals surface area contributed by atoms with Crippen molar-refractivity contribution in [1.82, 2.24) is 25.0 Å². The van der Waals surface area contributed by atoms with Crippen molar-refractivity contribution in [2.45, 2.75) is 76.3 Å². The Kier molecular flexibility index (Phi) is 6.39. The number of nitrogens with zero attached hydrogens (tertiary/aromatic N) is 4. The summed E-state index contributed by atoms with van der Waals surface area (Å²) in [5.41, 5.74) is 0. The Hall–Kier alpha value is -1.47. The van der Waals surface area contributed by atoms with Gasteiger partial charge in [0.05, 0.1) is 6.54 Å². The van der Waals surface area contributed by atoms with Crippen LogP contribution in [-0.2, 0) is 22.5 Å². The molecule has 7 heteroatoms. The fraction of sp³-hybridized carbons (Fsp3) is 0.850. The van der Waals surface area contributed by atoms with Crippen LogP contribution in [0.1, 0.15) is 68.9 Å². The van der Waals surface area contributed by atoms with E-state index >= 15 is 0 Å². The average Bonchev–Trinajstić information content (AvgIpc) is 2.83. The van der Waals surface area contributed by atoms with Crippen LogP contribution < -0.4 is 5.32 Å². The Bertz CT molecular complexity index is 618. The molecule has 150 valence electrons. The van der Waals surface area contributed by atoms with Gasteiger partial charge >= 0.3 is 0 Å². The highest BCUT2D eigenvalue weighted by Gasteiger charge is 2.27. The van der Waals surface area contributed by atoms with Gasteiger partial charge in [-0.2, -0.15) is 0 Å². The lowest BCUT2D eigenvalue weighted by Crippen LogP contribution is -2.42. The number of hydrogen-bond acceptors (Lipinski definition) is 5. The third-order valence-electron chi connectivity index (χ3n) is 6.29. The Labute approximate surface area is 161 Å². The summed E-state index contributed by atoms with van der Waals surface area (Å²) < 4.78 is 7.80. The van der Waals surface area contributed by atoms with Crippen LogP contribution in [0.5, 0.6) is 0 Å². The highest BCUT2D eigenvalue weighted by Crippen LogP contribution is 2.27. The number of likely N-dealkylation sites (tertiary alicyclic amines) is 1. The Morgan fingerprint density at radius 3 is 2.56 bits per heavy atom. The van der Waals surface area contributed by atoms with E-state index in [-0.39, 0.29) is 11.9 Å². The van der Waals surface area contributed by atoms with Gasteiger partial charge in [-0.1, -0.05) is 12.8 Å². The third kappa shape index (κ3) is 4.88. The molecule has 0 aromatic carbocycles. The first-order valence-electron chi connectivity index (χ1n) is 10.8. The molecule has 7 nitrogen and oxygen atoms in total. The summed E-state index contributed by atoms with van der Waals surface area (Å²) in [4.78, 5) is 14.8. The number of fused-ring (bicyclic) bond motifs is 1. The molecule has 0 radical (unpaired) electrons. The van der Waals surface area contributed by atoms with E-state index in [1.165, 1.54) is 25.7 Å². The van der Waals surface area contributed by atoms with E-state index in [0.717, 1.165) is 76.6 Å². The van der Waals surface area contributed by atoms with E-state index in [1.807, 2.05) is 0 Å². The van der Waals surface area contributed by atoms with Crippen molar-refractivity contribution < 1.29 is 9.53 Å². The maximum Gasteiger partial charge on any atom is 0.234 e. The molecule has 4 rings (SSSR count). The number of aryl methyl sites for hydroxylation is 1. The van der Waals surface area contributed by atoms with Crippen LogP contribution in [0.25, 0.3) is 0 Å². The van der Waals surface area contributed by atoms with E-state index in [0.29, 0.717) is 12.5 Å². The fourth-order valence-corrected chi connectivity index (χ4v) is 4.68. The van der Waals surface area contributed by atoms with Crippen LogP contribution in [0.3, 0.4) is 0 Å². The third-order valence-corrected chi connectivity index (χ3v) is 6.29. The molecule has 2 fully saturated rings. The number of nitrogens with one attached hydrogen (secondary N) is 1. The van der Waals surface area contributed by atoms with Crippen LogP contribution in [0.2, 0.25) is 0 Å². The van der Waals surface area contributed by atoms with Crippen LogP contribution in [-0.4, -0.2) is 64.5 Å². The monoisotopic (exact) mass is 375 g/mol. The van der Waals surface area contributed by atoms with Crippen LogP contribution in [0.4, 0.5) is 0 Å². The lowest BCUT2D eigenvalue weighted by atomic mass is 9.99. The molecule has 1 amide bonds. The molecule has 1 aromatic rings. The predicted octanol–water partition coefficient (Wildman–Crippen LogP) is 1.87. The summed E-state index contributed by atoms with van der Waals surface area (Å²) in [6.45, 7) is 5.23. The normalized spacial score (nSPS) is 25.4. The van der Waals surface area contributed by atoms with Gasteiger partial charge in [0.15, 0.2) is 0 Å². The van der Waals surface area contributed by atoms with Crippen molar-refractivity contribution in [3.8, 4) is 0 Å². The first kappa shape index (κ1) is 18.9. The largest absolute Gasteiger partial charge is 0.381 e. The van der Waals surface area contributed by atoms with Crippen molar-refractivity contribution in [2.24, 2.45) is 0 Å². The standard InChI is InChI=1S/C20H33N5O2/c26-19(15-24-10-3-1-2-4-11-24)21-17-5-6-18-22-23-20(25(18)12-7-17)16-8-13-27-14-9-16/h16-17H,1-15H2,(H,21,26). The van der Waals surface area contributed by atoms with Gasteiger partial charge in [0.25, 0.3) is 0 Å². The first-order valence-corrected chi connectivity index (χ1v) is 10.8. The summed E-state index contributed by atoms with van der Waals surface area (Å²) in [5.74, 6) is 2.86. The summed E-state index contributed by atoms with van der Waals surface area (Å²) in [6.07, 6.45) is 9.93. The molecule has 1 unspecified atom stereocenters. The summed E-state index contributed by atoms with van der Waals surface area (Å²) in [5, 5.41) is 12.2. The van der Waals surface area contributed by atoms with Gasteiger partial charge in [-0.15, -0.1) is 10.2 Å². The van der Waals surface area contributed by atoms with E-state index in [2.05, 4.69) is 25.0 Å². The maximum absolute atomic E-state index is 12.5. The molecular formula is C20H33N5O2.